The van der Waals surface area contributed by atoms with Gasteiger partial charge in [-0.2, -0.15) is 0 Å². The molecule has 0 bridgehead atoms. The molecule has 23 heavy (non-hydrogen) atoms. The van der Waals surface area contributed by atoms with Crippen molar-refractivity contribution >= 4 is 17.5 Å². The average Bonchev–Trinajstić information content (AvgIpc) is 2.55. The number of carbonyl (C=O) groups excluding carboxylic acids is 2. The molecule has 1 N–H and O–H groups in total. The molecule has 0 saturated carbocycles. The second-order valence-electron chi connectivity index (χ2n) is 5.06. The van der Waals surface area contributed by atoms with Gasteiger partial charge in [0.15, 0.2) is 0 Å². The summed E-state index contributed by atoms with van der Waals surface area (Å²) in [5.74, 6) is -0.882. The van der Waals surface area contributed by atoms with Crippen molar-refractivity contribution in [3.63, 3.8) is 0 Å². The van der Waals surface area contributed by atoms with Crippen molar-refractivity contribution in [2.24, 2.45) is 0 Å². The monoisotopic (exact) mass is 314 g/mol. The van der Waals surface area contributed by atoms with Crippen molar-refractivity contribution in [3.05, 3.63) is 66.0 Å². The van der Waals surface area contributed by atoms with Crippen LogP contribution < -0.4 is 10.2 Å². The topological polar surface area (TPSA) is 49.4 Å². The number of benzene rings is 2. The van der Waals surface area contributed by atoms with Gasteiger partial charge in [-0.05, 0) is 36.8 Å². The summed E-state index contributed by atoms with van der Waals surface area (Å²) in [5, 5.41) is 2.58. The Kier molecular flexibility index (Phi) is 5.86. The van der Waals surface area contributed by atoms with E-state index in [0.717, 1.165) is 5.69 Å². The van der Waals surface area contributed by atoms with E-state index < -0.39 is 0 Å². The highest BCUT2D eigenvalue weighted by Gasteiger charge is 2.14. The minimum Gasteiger partial charge on any atom is -0.347 e. The summed E-state index contributed by atoms with van der Waals surface area (Å²) in [4.78, 5) is 25.7. The summed E-state index contributed by atoms with van der Waals surface area (Å²) in [6.45, 7) is 2.30. The van der Waals surface area contributed by atoms with Crippen LogP contribution in [0.3, 0.4) is 0 Å². The Morgan fingerprint density at radius 2 is 1.83 bits per heavy atom. The summed E-state index contributed by atoms with van der Waals surface area (Å²) in [5.41, 5.74) is 1.37. The van der Waals surface area contributed by atoms with Gasteiger partial charge in [-0.25, -0.2) is 4.39 Å². The van der Waals surface area contributed by atoms with Crippen molar-refractivity contribution in [1.29, 1.82) is 0 Å². The minimum absolute atomic E-state index is 0.0441. The molecule has 0 spiro atoms. The Labute approximate surface area is 134 Å². The molecule has 2 rings (SSSR count). The Hall–Kier alpha value is -2.69. The molecule has 2 amide bonds. The SMILES string of the molecule is CCN(C(=O)CNC(=O)Cc1cccc(F)c1)c1ccccc1. The number of hydrogen-bond donors (Lipinski definition) is 1. The molecule has 0 fully saturated rings. The molecule has 0 aromatic heterocycles. The van der Waals surface area contributed by atoms with Crippen molar-refractivity contribution in [3.8, 4) is 0 Å². The lowest BCUT2D eigenvalue weighted by Gasteiger charge is -2.21. The zero-order valence-electron chi connectivity index (χ0n) is 13.0. The van der Waals surface area contributed by atoms with E-state index in [-0.39, 0.29) is 30.6 Å². The van der Waals surface area contributed by atoms with Crippen LogP contribution >= 0.6 is 0 Å². The summed E-state index contributed by atoms with van der Waals surface area (Å²) in [6, 6.07) is 15.1. The van der Waals surface area contributed by atoms with Crippen LogP contribution in [-0.4, -0.2) is 24.9 Å². The van der Waals surface area contributed by atoms with Crippen LogP contribution in [0.4, 0.5) is 10.1 Å². The number of amides is 2. The predicted molar refractivity (Wildman–Crippen MR) is 87.6 cm³/mol. The maximum Gasteiger partial charge on any atom is 0.246 e. The number of carbonyl (C=O) groups is 2. The van der Waals surface area contributed by atoms with Gasteiger partial charge in [0, 0.05) is 12.2 Å². The minimum atomic E-state index is -0.382. The Bertz CT molecular complexity index is 674. The fourth-order valence-corrected chi connectivity index (χ4v) is 2.28. The Balaban J connectivity index is 1.89. The van der Waals surface area contributed by atoms with Crippen LogP contribution in [0, 0.1) is 5.82 Å². The first-order valence-corrected chi connectivity index (χ1v) is 7.46. The van der Waals surface area contributed by atoms with Crippen molar-refractivity contribution in [2.75, 3.05) is 18.0 Å². The van der Waals surface area contributed by atoms with Gasteiger partial charge in [0.05, 0.1) is 13.0 Å². The van der Waals surface area contributed by atoms with Gasteiger partial charge >= 0.3 is 0 Å². The Morgan fingerprint density at radius 1 is 1.09 bits per heavy atom. The number of nitrogens with zero attached hydrogens (tertiary/aromatic N) is 1. The van der Waals surface area contributed by atoms with Crippen LogP contribution in [0.1, 0.15) is 12.5 Å². The fraction of sp³-hybridized carbons (Fsp3) is 0.222. The number of rotatable bonds is 6. The standard InChI is InChI=1S/C18H19FN2O2/c1-2-21(16-9-4-3-5-10-16)18(23)13-20-17(22)12-14-7-6-8-15(19)11-14/h3-11H,2,12-13H2,1H3,(H,20,22). The molecule has 5 heteroatoms. The predicted octanol–water partition coefficient (Wildman–Crippen LogP) is 2.54. The molecule has 0 unspecified atom stereocenters. The number of anilines is 1. The molecule has 0 aliphatic rings. The van der Waals surface area contributed by atoms with E-state index in [1.54, 1.807) is 17.0 Å². The second-order valence-corrected chi connectivity index (χ2v) is 5.06. The molecule has 0 atom stereocenters. The summed E-state index contributed by atoms with van der Waals surface area (Å²) in [7, 11) is 0. The lowest BCUT2D eigenvalue weighted by molar-refractivity contribution is -0.124. The summed E-state index contributed by atoms with van der Waals surface area (Å²) < 4.78 is 13.1. The lowest BCUT2D eigenvalue weighted by Crippen LogP contribution is -2.40. The van der Waals surface area contributed by atoms with E-state index in [0.29, 0.717) is 12.1 Å². The van der Waals surface area contributed by atoms with Crippen molar-refractivity contribution < 1.29 is 14.0 Å². The van der Waals surface area contributed by atoms with Gasteiger partial charge in [0.2, 0.25) is 11.8 Å². The number of likely N-dealkylation sites (N-methyl/N-ethyl adjacent to an activating group) is 1. The molecule has 120 valence electrons. The third kappa shape index (κ3) is 4.92. The number of hydrogen-bond acceptors (Lipinski definition) is 2. The molecule has 2 aromatic carbocycles. The maximum atomic E-state index is 13.1. The normalized spacial score (nSPS) is 10.2. The van der Waals surface area contributed by atoms with E-state index in [1.165, 1.54) is 12.1 Å². The quantitative estimate of drug-likeness (QED) is 0.891. The van der Waals surface area contributed by atoms with Crippen LogP contribution in [0.25, 0.3) is 0 Å². The number of para-hydroxylation sites is 1. The van der Waals surface area contributed by atoms with E-state index in [1.807, 2.05) is 37.3 Å². The third-order valence-electron chi connectivity index (χ3n) is 3.38. The molecular formula is C18H19FN2O2. The van der Waals surface area contributed by atoms with E-state index in [4.69, 9.17) is 0 Å². The van der Waals surface area contributed by atoms with E-state index in [2.05, 4.69) is 5.32 Å². The molecule has 2 aromatic rings. The van der Waals surface area contributed by atoms with Crippen LogP contribution in [0.5, 0.6) is 0 Å². The Morgan fingerprint density at radius 3 is 2.48 bits per heavy atom. The van der Waals surface area contributed by atoms with E-state index in [9.17, 15) is 14.0 Å². The highest BCUT2D eigenvalue weighted by molar-refractivity contribution is 5.96. The van der Waals surface area contributed by atoms with Crippen molar-refractivity contribution in [2.45, 2.75) is 13.3 Å². The molecule has 0 heterocycles. The molecule has 0 aliphatic heterocycles. The van der Waals surface area contributed by atoms with Gasteiger partial charge in [-0.15, -0.1) is 0 Å². The maximum absolute atomic E-state index is 13.1. The molecule has 0 radical (unpaired) electrons. The van der Waals surface area contributed by atoms with Crippen LogP contribution in [0.2, 0.25) is 0 Å². The van der Waals surface area contributed by atoms with Gasteiger partial charge < -0.3 is 10.2 Å². The average molecular weight is 314 g/mol. The van der Waals surface area contributed by atoms with Crippen LogP contribution in [-0.2, 0) is 16.0 Å². The smallest absolute Gasteiger partial charge is 0.246 e. The number of halogens is 1. The highest BCUT2D eigenvalue weighted by Crippen LogP contribution is 2.12. The second kappa shape index (κ2) is 8.08. The molecule has 4 nitrogen and oxygen atoms in total. The van der Waals surface area contributed by atoms with Gasteiger partial charge in [-0.3, -0.25) is 9.59 Å². The summed E-state index contributed by atoms with van der Waals surface area (Å²) >= 11 is 0. The first kappa shape index (κ1) is 16.7. The molecule has 0 saturated heterocycles. The first-order chi connectivity index (χ1) is 11.1. The highest BCUT2D eigenvalue weighted by atomic mass is 19.1. The zero-order chi connectivity index (χ0) is 16.7. The van der Waals surface area contributed by atoms with Crippen molar-refractivity contribution in [1.82, 2.24) is 5.32 Å². The van der Waals surface area contributed by atoms with Gasteiger partial charge in [0.1, 0.15) is 5.82 Å². The molecule has 0 aliphatic carbocycles. The molecular weight excluding hydrogens is 295 g/mol. The number of nitrogens with one attached hydrogen (secondary N) is 1. The first-order valence-electron chi connectivity index (χ1n) is 7.46. The zero-order valence-corrected chi connectivity index (χ0v) is 13.0. The lowest BCUT2D eigenvalue weighted by atomic mass is 10.1. The fourth-order valence-electron chi connectivity index (χ4n) is 2.28. The van der Waals surface area contributed by atoms with Crippen LogP contribution in [0.15, 0.2) is 54.6 Å². The van der Waals surface area contributed by atoms with Gasteiger partial charge in [-0.1, -0.05) is 30.3 Å². The largest absolute Gasteiger partial charge is 0.347 e. The summed E-state index contributed by atoms with van der Waals surface area (Å²) in [6.07, 6.45) is 0.0441. The third-order valence-corrected chi connectivity index (χ3v) is 3.38. The van der Waals surface area contributed by atoms with E-state index >= 15 is 0 Å². The van der Waals surface area contributed by atoms with Gasteiger partial charge in [0.25, 0.3) is 0 Å².